The van der Waals surface area contributed by atoms with E-state index in [4.69, 9.17) is 0 Å². The molecule has 0 radical (unpaired) electrons. The van der Waals surface area contributed by atoms with Crippen molar-refractivity contribution in [3.05, 3.63) is 0 Å². The van der Waals surface area contributed by atoms with Gasteiger partial charge in [0, 0.05) is 0 Å². The van der Waals surface area contributed by atoms with E-state index in [1.165, 1.54) is 25.7 Å². The van der Waals surface area contributed by atoms with Crippen molar-refractivity contribution in [2.75, 3.05) is 6.54 Å². The molecule has 2 heteroatoms. The molecule has 46 valence electrons. The predicted octanol–water partition coefficient (Wildman–Crippen LogP) is 1.65. The van der Waals surface area contributed by atoms with E-state index in [1.54, 1.807) is 0 Å². The second kappa shape index (κ2) is 6.86. The second-order valence-corrected chi connectivity index (χ2v) is 2.01. The molecule has 0 aromatic carbocycles. The molecule has 0 heterocycles. The van der Waals surface area contributed by atoms with Crippen LogP contribution in [0.5, 0.6) is 0 Å². The third-order valence-electron chi connectivity index (χ3n) is 1.17. The molecule has 0 fully saturated rings. The van der Waals surface area contributed by atoms with Gasteiger partial charge in [-0.25, -0.2) is 0 Å². The molecule has 0 saturated carbocycles. The van der Waals surface area contributed by atoms with Crippen LogP contribution in [-0.4, -0.2) is 14.2 Å². The summed E-state index contributed by atoms with van der Waals surface area (Å²) in [7, 11) is 3.41. The first-order valence-corrected chi connectivity index (χ1v) is 3.34. The van der Waals surface area contributed by atoms with Gasteiger partial charge in [-0.2, -0.15) is 0 Å². The van der Waals surface area contributed by atoms with Gasteiger partial charge < -0.3 is 0 Å². The van der Waals surface area contributed by atoms with Gasteiger partial charge in [-0.05, 0) is 0 Å². The van der Waals surface area contributed by atoms with Gasteiger partial charge in [-0.3, -0.25) is 0 Å². The van der Waals surface area contributed by atoms with Crippen molar-refractivity contribution in [2.24, 2.45) is 4.90 Å². The molecule has 1 nitrogen and oxygen atoms in total. The van der Waals surface area contributed by atoms with Crippen LogP contribution in [0.15, 0.2) is 4.90 Å². The minimum atomic E-state index is 0.944. The average molecular weight is 111 g/mol. The number of rotatable bonds is 5. The Morgan fingerprint density at radius 2 is 2.00 bits per heavy atom. The molecule has 0 aromatic heterocycles. The van der Waals surface area contributed by atoms with Crippen molar-refractivity contribution in [3.8, 4) is 0 Å². The molecule has 8 heavy (non-hydrogen) atoms. The quantitative estimate of drug-likeness (QED) is 0.377. The van der Waals surface area contributed by atoms with E-state index in [2.05, 4.69) is 19.5 Å². The van der Waals surface area contributed by atoms with Crippen LogP contribution in [0.4, 0.5) is 0 Å². The van der Waals surface area contributed by atoms with Gasteiger partial charge in [0.15, 0.2) is 0 Å². The van der Waals surface area contributed by atoms with Gasteiger partial charge in [0.2, 0.25) is 0 Å². The summed E-state index contributed by atoms with van der Waals surface area (Å²) in [4.78, 5) is 3.76. The van der Waals surface area contributed by atoms with Gasteiger partial charge >= 0.3 is 51.7 Å². The normalized spacial score (nSPS) is 9.00. The summed E-state index contributed by atoms with van der Waals surface area (Å²) < 4.78 is 0. The third-order valence-corrected chi connectivity index (χ3v) is 1.17. The number of hydrogen-bond acceptors (Lipinski definition) is 1. The molecule has 0 bridgehead atoms. The fraction of sp³-hybridized carbons (Fsp3) is 1.00. The van der Waals surface area contributed by atoms with Crippen LogP contribution < -0.4 is 0 Å². The topological polar surface area (TPSA) is 12.4 Å². The predicted molar refractivity (Wildman–Crippen MR) is 38.6 cm³/mol. The van der Waals surface area contributed by atoms with E-state index in [9.17, 15) is 0 Å². The summed E-state index contributed by atoms with van der Waals surface area (Å²) in [5, 5.41) is 0. The van der Waals surface area contributed by atoms with Crippen LogP contribution in [-0.2, 0) is 0 Å². The maximum atomic E-state index is 3.76. The van der Waals surface area contributed by atoms with Gasteiger partial charge in [-0.15, -0.1) is 0 Å². The van der Waals surface area contributed by atoms with Crippen LogP contribution >= 0.6 is 0 Å². The fourth-order valence-electron chi connectivity index (χ4n) is 0.650. The average Bonchev–Trinajstić information content (AvgIpc) is 1.81. The van der Waals surface area contributed by atoms with Crippen LogP contribution in [0.2, 0.25) is 0 Å². The third kappa shape index (κ3) is 5.86. The molecule has 0 aromatic rings. The van der Waals surface area contributed by atoms with E-state index < -0.39 is 0 Å². The summed E-state index contributed by atoms with van der Waals surface area (Å²) >= 11 is 0. The molecular formula is C6H14BN. The standard InChI is InChI=1S/C6H14BN/c1-2-3-4-5-6-8-7/h7H,2-6H2,1H3. The summed E-state index contributed by atoms with van der Waals surface area (Å²) in [5.74, 6) is 0. The van der Waals surface area contributed by atoms with Crippen LogP contribution in [0.3, 0.4) is 0 Å². The van der Waals surface area contributed by atoms with E-state index in [0.29, 0.717) is 0 Å². The minimum absolute atomic E-state index is 0.944. The van der Waals surface area contributed by atoms with Gasteiger partial charge in [0.25, 0.3) is 0 Å². The number of nitrogens with zero attached hydrogens (tertiary/aromatic N) is 1. The monoisotopic (exact) mass is 111 g/mol. The van der Waals surface area contributed by atoms with Crippen LogP contribution in [0, 0.1) is 0 Å². The summed E-state index contributed by atoms with van der Waals surface area (Å²) in [6.07, 6.45) is 5.18. The Morgan fingerprint density at radius 1 is 1.25 bits per heavy atom. The summed E-state index contributed by atoms with van der Waals surface area (Å²) in [6, 6.07) is 0. The van der Waals surface area contributed by atoms with Crippen molar-refractivity contribution in [3.63, 3.8) is 0 Å². The first-order chi connectivity index (χ1) is 3.91. The molecule has 0 aliphatic heterocycles. The maximum absolute atomic E-state index is 3.76. The zero-order valence-corrected chi connectivity index (χ0v) is 5.69. The van der Waals surface area contributed by atoms with E-state index >= 15 is 0 Å². The van der Waals surface area contributed by atoms with Crippen molar-refractivity contribution in [1.82, 2.24) is 0 Å². The Labute approximate surface area is 52.6 Å². The number of hydrogen-bond donors (Lipinski definition) is 0. The van der Waals surface area contributed by atoms with Crippen LogP contribution in [0.1, 0.15) is 32.6 Å². The fourth-order valence-corrected chi connectivity index (χ4v) is 0.650. The molecule has 0 rings (SSSR count). The molecule has 0 aliphatic rings. The van der Waals surface area contributed by atoms with Crippen molar-refractivity contribution in [2.45, 2.75) is 32.6 Å². The molecule has 0 spiro atoms. The van der Waals surface area contributed by atoms with Crippen molar-refractivity contribution in [1.29, 1.82) is 0 Å². The molecule has 0 saturated heterocycles. The zero-order chi connectivity index (χ0) is 6.24. The van der Waals surface area contributed by atoms with Gasteiger partial charge in [0.1, 0.15) is 0 Å². The van der Waals surface area contributed by atoms with Gasteiger partial charge in [-0.1, -0.05) is 0 Å². The first-order valence-electron chi connectivity index (χ1n) is 3.34. The van der Waals surface area contributed by atoms with E-state index in [-0.39, 0.29) is 0 Å². The molecule has 0 amide bonds. The zero-order valence-electron chi connectivity index (χ0n) is 5.69. The Bertz CT molecular complexity index is 54.5. The molecular weight excluding hydrogens is 96.9 g/mol. The molecule has 0 atom stereocenters. The van der Waals surface area contributed by atoms with Crippen molar-refractivity contribution < 1.29 is 0 Å². The van der Waals surface area contributed by atoms with Crippen molar-refractivity contribution >= 4 is 7.64 Å². The Hall–Kier alpha value is -0.135. The summed E-state index contributed by atoms with van der Waals surface area (Å²) in [6.45, 7) is 3.15. The Kier molecular flexibility index (Phi) is 6.75. The SMILES string of the molecule is B=NCCCCCC. The molecule has 0 unspecified atom stereocenters. The molecule has 0 aliphatic carbocycles. The van der Waals surface area contributed by atoms with Gasteiger partial charge in [0.05, 0.1) is 0 Å². The molecule has 0 N–H and O–H groups in total. The number of unbranched alkanes of at least 4 members (excludes halogenated alkanes) is 3. The summed E-state index contributed by atoms with van der Waals surface area (Å²) in [5.41, 5.74) is 0. The van der Waals surface area contributed by atoms with E-state index in [1.807, 2.05) is 0 Å². The Balaban J connectivity index is 2.62. The van der Waals surface area contributed by atoms with E-state index in [0.717, 1.165) is 6.54 Å². The Morgan fingerprint density at radius 3 is 2.50 bits per heavy atom. The van der Waals surface area contributed by atoms with Crippen LogP contribution in [0.25, 0.3) is 0 Å². The first kappa shape index (κ1) is 7.86. The second-order valence-electron chi connectivity index (χ2n) is 2.01.